The van der Waals surface area contributed by atoms with Crippen LogP contribution in [0.3, 0.4) is 0 Å². The number of hydrogen-bond acceptors (Lipinski definition) is 4. The highest BCUT2D eigenvalue weighted by molar-refractivity contribution is 6.07. The van der Waals surface area contributed by atoms with E-state index in [1.165, 1.54) is 6.92 Å². The van der Waals surface area contributed by atoms with E-state index in [0.29, 0.717) is 24.2 Å². The van der Waals surface area contributed by atoms with Crippen LogP contribution in [0.5, 0.6) is 0 Å². The first-order valence-corrected chi connectivity index (χ1v) is 12.7. The Labute approximate surface area is 217 Å². The zero-order valence-electron chi connectivity index (χ0n) is 21.6. The second-order valence-electron chi connectivity index (χ2n) is 9.85. The van der Waals surface area contributed by atoms with Crippen molar-refractivity contribution in [2.45, 2.75) is 46.6 Å². The first kappa shape index (κ1) is 26.1. The number of Topliss-reactive ketones (excluding diaryl/α,β-unsaturated/α-hetero) is 1. The molecule has 0 bridgehead atoms. The van der Waals surface area contributed by atoms with E-state index in [2.05, 4.69) is 6.07 Å². The van der Waals surface area contributed by atoms with Gasteiger partial charge in [-0.25, -0.2) is 0 Å². The number of hydrogen-bond donors (Lipinski definition) is 1. The van der Waals surface area contributed by atoms with Crippen molar-refractivity contribution >= 4 is 45.7 Å². The minimum atomic E-state index is -0.808. The summed E-state index contributed by atoms with van der Waals surface area (Å²) >= 11 is 0. The number of para-hydroxylation sites is 2. The monoisotopic (exact) mass is 499 g/mol. The molecule has 0 aromatic heterocycles. The average Bonchev–Trinajstić information content (AvgIpc) is 2.99. The third-order valence-electron chi connectivity index (χ3n) is 7.29. The van der Waals surface area contributed by atoms with E-state index in [1.54, 1.807) is 16.7 Å². The molecule has 2 atom stereocenters. The van der Waals surface area contributed by atoms with Gasteiger partial charge in [0.2, 0.25) is 17.7 Å². The molecule has 1 aliphatic heterocycles. The molecule has 0 saturated carbocycles. The SMILES string of the molecule is CC(=O)CCCC(=O)N1C[C@H](C(C)C(N)=O)C(=O)N(Cc2c(C)ccc3ccccc23)c2ccccc21. The molecule has 0 aliphatic carbocycles. The summed E-state index contributed by atoms with van der Waals surface area (Å²) in [5.41, 5.74) is 8.94. The fourth-order valence-corrected chi connectivity index (χ4v) is 5.02. The van der Waals surface area contributed by atoms with E-state index >= 15 is 0 Å². The number of primary amides is 1. The van der Waals surface area contributed by atoms with Crippen LogP contribution >= 0.6 is 0 Å². The third-order valence-corrected chi connectivity index (χ3v) is 7.29. The molecule has 1 aliphatic rings. The van der Waals surface area contributed by atoms with Crippen molar-refractivity contribution < 1.29 is 19.2 Å². The molecule has 0 spiro atoms. The predicted molar refractivity (Wildman–Crippen MR) is 145 cm³/mol. The maximum atomic E-state index is 14.1. The minimum Gasteiger partial charge on any atom is -0.369 e. The van der Waals surface area contributed by atoms with Crippen LogP contribution in [-0.4, -0.2) is 30.0 Å². The van der Waals surface area contributed by atoms with Crippen molar-refractivity contribution in [2.24, 2.45) is 17.6 Å². The van der Waals surface area contributed by atoms with E-state index in [0.717, 1.165) is 21.9 Å². The van der Waals surface area contributed by atoms with Crippen LogP contribution in [0.1, 0.15) is 44.2 Å². The van der Waals surface area contributed by atoms with Gasteiger partial charge in [0, 0.05) is 25.3 Å². The van der Waals surface area contributed by atoms with Crippen LogP contribution in [0.4, 0.5) is 11.4 Å². The first-order valence-electron chi connectivity index (χ1n) is 12.7. The Bertz CT molecular complexity index is 1370. The lowest BCUT2D eigenvalue weighted by Gasteiger charge is -2.28. The molecule has 0 radical (unpaired) electrons. The van der Waals surface area contributed by atoms with Gasteiger partial charge in [0.25, 0.3) is 0 Å². The van der Waals surface area contributed by atoms with Crippen molar-refractivity contribution in [3.63, 3.8) is 0 Å². The minimum absolute atomic E-state index is 0.0242. The number of anilines is 2. The van der Waals surface area contributed by atoms with Crippen molar-refractivity contribution in [3.8, 4) is 0 Å². The number of nitrogens with zero attached hydrogens (tertiary/aromatic N) is 2. The number of fused-ring (bicyclic) bond motifs is 2. The second-order valence-corrected chi connectivity index (χ2v) is 9.85. The number of aryl methyl sites for hydroxylation is 1. The number of amides is 3. The third kappa shape index (κ3) is 5.40. The van der Waals surface area contributed by atoms with Crippen molar-refractivity contribution in [1.82, 2.24) is 0 Å². The molecule has 1 heterocycles. The standard InChI is InChI=1S/C30H33N3O4/c1-19-15-16-22-10-4-5-11-23(22)24(19)17-33-27-13-7-6-12-26(27)32(28(35)14-8-9-20(2)34)18-25(30(33)37)21(3)29(31)36/h4-7,10-13,15-16,21,25H,8-9,14,17-18H2,1-3H3,(H2,31,36)/t21?,25-/m1/s1. The Morgan fingerprint density at radius 2 is 1.65 bits per heavy atom. The van der Waals surface area contributed by atoms with Gasteiger partial charge in [-0.15, -0.1) is 0 Å². The Morgan fingerprint density at radius 1 is 0.973 bits per heavy atom. The molecule has 3 aromatic carbocycles. The zero-order chi connectivity index (χ0) is 26.7. The molecule has 0 saturated heterocycles. The summed E-state index contributed by atoms with van der Waals surface area (Å²) in [7, 11) is 0. The summed E-state index contributed by atoms with van der Waals surface area (Å²) in [4.78, 5) is 54.5. The van der Waals surface area contributed by atoms with E-state index < -0.39 is 17.7 Å². The molecule has 192 valence electrons. The van der Waals surface area contributed by atoms with Gasteiger partial charge in [0.15, 0.2) is 0 Å². The van der Waals surface area contributed by atoms with Gasteiger partial charge in [-0.1, -0.05) is 55.5 Å². The van der Waals surface area contributed by atoms with Crippen LogP contribution in [0.25, 0.3) is 10.8 Å². The van der Waals surface area contributed by atoms with Gasteiger partial charge in [0.1, 0.15) is 5.78 Å². The van der Waals surface area contributed by atoms with Gasteiger partial charge < -0.3 is 20.3 Å². The predicted octanol–water partition coefficient (Wildman–Crippen LogP) is 4.52. The quantitative estimate of drug-likeness (QED) is 0.492. The molecular formula is C30H33N3O4. The summed E-state index contributed by atoms with van der Waals surface area (Å²) < 4.78 is 0. The fourth-order valence-electron chi connectivity index (χ4n) is 5.02. The number of benzene rings is 3. The van der Waals surface area contributed by atoms with E-state index in [4.69, 9.17) is 5.73 Å². The summed E-state index contributed by atoms with van der Waals surface area (Å²) in [5.74, 6) is -2.58. The smallest absolute Gasteiger partial charge is 0.233 e. The molecular weight excluding hydrogens is 466 g/mol. The highest BCUT2D eigenvalue weighted by atomic mass is 16.2. The molecule has 37 heavy (non-hydrogen) atoms. The maximum absolute atomic E-state index is 14.1. The van der Waals surface area contributed by atoms with Crippen LogP contribution in [-0.2, 0) is 25.7 Å². The van der Waals surface area contributed by atoms with E-state index in [1.807, 2.05) is 61.5 Å². The summed E-state index contributed by atoms with van der Waals surface area (Å²) in [6, 6.07) is 19.5. The van der Waals surface area contributed by atoms with Gasteiger partial charge >= 0.3 is 0 Å². The normalized spacial score (nSPS) is 16.3. The number of nitrogens with two attached hydrogens (primary N) is 1. The second kappa shape index (κ2) is 10.9. The van der Waals surface area contributed by atoms with E-state index in [-0.39, 0.29) is 37.1 Å². The maximum Gasteiger partial charge on any atom is 0.233 e. The Morgan fingerprint density at radius 3 is 2.35 bits per heavy atom. The lowest BCUT2D eigenvalue weighted by molar-refractivity contribution is -0.131. The highest BCUT2D eigenvalue weighted by Crippen LogP contribution is 2.38. The fraction of sp³-hybridized carbons (Fsp3) is 0.333. The Hall–Kier alpha value is -4.00. The molecule has 7 nitrogen and oxygen atoms in total. The average molecular weight is 500 g/mol. The Balaban J connectivity index is 1.82. The topological polar surface area (TPSA) is 101 Å². The van der Waals surface area contributed by atoms with Gasteiger partial charge in [0.05, 0.1) is 23.8 Å². The molecule has 1 unspecified atom stereocenters. The van der Waals surface area contributed by atoms with Gasteiger partial charge in [-0.05, 0) is 54.3 Å². The van der Waals surface area contributed by atoms with Crippen molar-refractivity contribution in [2.75, 3.05) is 16.3 Å². The van der Waals surface area contributed by atoms with Crippen LogP contribution in [0.2, 0.25) is 0 Å². The molecule has 2 N–H and O–H groups in total. The van der Waals surface area contributed by atoms with Crippen molar-refractivity contribution in [3.05, 3.63) is 71.8 Å². The first-order chi connectivity index (χ1) is 17.7. The van der Waals surface area contributed by atoms with E-state index in [9.17, 15) is 19.2 Å². The van der Waals surface area contributed by atoms with Gasteiger partial charge in [-0.3, -0.25) is 14.4 Å². The van der Waals surface area contributed by atoms with Crippen LogP contribution < -0.4 is 15.5 Å². The highest BCUT2D eigenvalue weighted by Gasteiger charge is 2.40. The molecule has 3 amide bonds. The number of carbonyl (C=O) groups excluding carboxylic acids is 4. The number of rotatable bonds is 8. The molecule has 0 fully saturated rings. The molecule has 7 heteroatoms. The summed E-state index contributed by atoms with van der Waals surface area (Å²) in [5, 5.41) is 2.12. The summed E-state index contributed by atoms with van der Waals surface area (Å²) in [6.45, 7) is 5.49. The molecule has 3 aromatic rings. The zero-order valence-corrected chi connectivity index (χ0v) is 21.6. The van der Waals surface area contributed by atoms with Crippen molar-refractivity contribution in [1.29, 1.82) is 0 Å². The lowest BCUT2D eigenvalue weighted by Crippen LogP contribution is -2.45. The number of ketones is 1. The largest absolute Gasteiger partial charge is 0.369 e. The van der Waals surface area contributed by atoms with Crippen LogP contribution in [0, 0.1) is 18.8 Å². The lowest BCUT2D eigenvalue weighted by atomic mass is 9.91. The molecule has 4 rings (SSSR count). The van der Waals surface area contributed by atoms with Gasteiger partial charge in [-0.2, -0.15) is 0 Å². The number of carbonyl (C=O) groups is 4. The summed E-state index contributed by atoms with van der Waals surface area (Å²) in [6.07, 6.45) is 0.908. The van der Waals surface area contributed by atoms with Crippen LogP contribution in [0.15, 0.2) is 60.7 Å². The Kier molecular flexibility index (Phi) is 7.71.